The van der Waals surface area contributed by atoms with Crippen LogP contribution < -0.4 is 15.4 Å². The zero-order chi connectivity index (χ0) is 35.2. The standard InChI is InChI=1S/C36H37F4N7O3S/c37-18-10-36(5-1-7-46(36)12-18)17-50-35-43-31-28(34(44-35)47-19-3-4-20(47)14-45(13-19)6-2-8-48)23-16-49-15-22(23)26(30(31)40)29-24(38)9-25(39)32-27(29)21(11-41)33(42)51-32/h9,18-20,48H,1-8,10,12-17,42H2/t18-,19?,20?,36+/m1/s1. The number of aromatic nitrogens is 2. The van der Waals surface area contributed by atoms with Gasteiger partial charge in [0.1, 0.15) is 46.8 Å². The minimum Gasteiger partial charge on any atom is -0.461 e. The fourth-order valence-electron chi connectivity index (χ4n) is 9.54. The third-order valence-corrected chi connectivity index (χ3v) is 12.7. The first-order chi connectivity index (χ1) is 24.7. The minimum absolute atomic E-state index is 0.00371. The molecule has 7 heterocycles. The van der Waals surface area contributed by atoms with Gasteiger partial charge in [-0.05, 0) is 49.8 Å². The molecule has 0 radical (unpaired) electrons. The number of likely N-dealkylation sites (tertiary alicyclic amines) is 1. The molecule has 268 valence electrons. The Morgan fingerprint density at radius 3 is 2.63 bits per heavy atom. The fourth-order valence-corrected chi connectivity index (χ4v) is 10.5. The second-order valence-electron chi connectivity index (χ2n) is 14.6. The van der Waals surface area contributed by atoms with Crippen LogP contribution in [0.15, 0.2) is 6.07 Å². The van der Waals surface area contributed by atoms with Crippen LogP contribution in [-0.2, 0) is 18.0 Å². The van der Waals surface area contributed by atoms with Crippen LogP contribution in [-0.4, -0.2) is 94.6 Å². The normalized spacial score (nSPS) is 26.0. The lowest BCUT2D eigenvalue weighted by molar-refractivity contribution is 0.107. The molecule has 2 unspecified atom stereocenters. The van der Waals surface area contributed by atoms with Crippen LogP contribution in [0.4, 0.5) is 28.4 Å². The molecule has 0 aliphatic carbocycles. The molecule has 3 N–H and O–H groups in total. The van der Waals surface area contributed by atoms with Crippen molar-refractivity contribution >= 4 is 43.1 Å². The highest BCUT2D eigenvalue weighted by atomic mass is 32.1. The lowest BCUT2D eigenvalue weighted by Gasteiger charge is -2.42. The molecule has 2 aromatic heterocycles. The molecule has 10 nitrogen and oxygen atoms in total. The Morgan fingerprint density at radius 2 is 1.86 bits per heavy atom. The number of hydrogen-bond donors (Lipinski definition) is 2. The monoisotopic (exact) mass is 723 g/mol. The summed E-state index contributed by atoms with van der Waals surface area (Å²) in [6.07, 6.45) is 3.52. The van der Waals surface area contributed by atoms with Gasteiger partial charge in [-0.3, -0.25) is 9.80 Å². The average molecular weight is 724 g/mol. The zero-order valence-electron chi connectivity index (χ0n) is 27.9. The van der Waals surface area contributed by atoms with Crippen LogP contribution in [0.25, 0.3) is 32.1 Å². The SMILES string of the molecule is N#Cc1c(N)sc2c(F)cc(F)c(-c3c4c(c5c(N6C7CCC6CN(CCCO)C7)nc(OC[C@@]67CCCN6C[C@H](F)C7)nc5c3F)COC4)c12. The van der Waals surface area contributed by atoms with Crippen LogP contribution in [0.2, 0.25) is 0 Å². The second-order valence-corrected chi connectivity index (χ2v) is 15.6. The van der Waals surface area contributed by atoms with Crippen molar-refractivity contribution in [1.29, 1.82) is 5.26 Å². The number of fused-ring (bicyclic) bond motifs is 7. The van der Waals surface area contributed by atoms with E-state index in [9.17, 15) is 14.8 Å². The van der Waals surface area contributed by atoms with Gasteiger partial charge in [-0.1, -0.05) is 0 Å². The molecule has 5 aliphatic rings. The van der Waals surface area contributed by atoms with Gasteiger partial charge >= 0.3 is 6.01 Å². The van der Waals surface area contributed by atoms with Crippen LogP contribution in [0.5, 0.6) is 6.01 Å². The second kappa shape index (κ2) is 12.4. The van der Waals surface area contributed by atoms with Crippen molar-refractivity contribution in [1.82, 2.24) is 19.8 Å². The number of rotatable bonds is 8. The number of halogens is 4. The van der Waals surface area contributed by atoms with Gasteiger partial charge in [-0.25, -0.2) is 17.6 Å². The van der Waals surface area contributed by atoms with Crippen molar-refractivity contribution in [2.45, 2.75) is 75.5 Å². The fraction of sp³-hybridized carbons (Fsp3) is 0.528. The van der Waals surface area contributed by atoms with Gasteiger partial charge in [-0.2, -0.15) is 15.2 Å². The van der Waals surface area contributed by atoms with Crippen molar-refractivity contribution in [3.05, 3.63) is 40.2 Å². The molecule has 4 atom stereocenters. The lowest BCUT2D eigenvalue weighted by Crippen LogP contribution is -2.54. The van der Waals surface area contributed by atoms with E-state index < -0.39 is 29.2 Å². The molecule has 0 amide bonds. The van der Waals surface area contributed by atoms with E-state index in [0.29, 0.717) is 47.8 Å². The summed E-state index contributed by atoms with van der Waals surface area (Å²) in [5, 5.41) is 19.8. The van der Waals surface area contributed by atoms with Crippen molar-refractivity contribution in [3.8, 4) is 23.2 Å². The first-order valence-corrected chi connectivity index (χ1v) is 18.4. The molecule has 51 heavy (non-hydrogen) atoms. The predicted molar refractivity (Wildman–Crippen MR) is 184 cm³/mol. The largest absolute Gasteiger partial charge is 0.461 e. The topological polar surface area (TPSA) is 124 Å². The maximum Gasteiger partial charge on any atom is 0.319 e. The van der Waals surface area contributed by atoms with Crippen LogP contribution in [0, 0.1) is 28.8 Å². The quantitative estimate of drug-likeness (QED) is 0.229. The number of alkyl halides is 1. The number of piperazine rings is 1. The molecule has 2 bridgehead atoms. The number of benzene rings is 2. The first-order valence-electron chi connectivity index (χ1n) is 17.6. The highest BCUT2D eigenvalue weighted by molar-refractivity contribution is 7.23. The Hall–Kier alpha value is -3.81. The van der Waals surface area contributed by atoms with Crippen molar-refractivity contribution in [2.24, 2.45) is 0 Å². The number of nitriles is 1. The molecule has 4 aromatic rings. The number of nitrogens with zero attached hydrogens (tertiary/aromatic N) is 6. The molecule has 0 spiro atoms. The van der Waals surface area contributed by atoms with E-state index in [0.717, 1.165) is 63.2 Å². The van der Waals surface area contributed by atoms with E-state index in [1.807, 2.05) is 6.07 Å². The number of thiophene rings is 1. The Labute approximate surface area is 295 Å². The summed E-state index contributed by atoms with van der Waals surface area (Å²) in [4.78, 5) is 16.4. The summed E-state index contributed by atoms with van der Waals surface area (Å²) < 4.78 is 75.6. The number of aliphatic hydroxyl groups excluding tert-OH is 1. The van der Waals surface area contributed by atoms with E-state index in [1.165, 1.54) is 0 Å². The summed E-state index contributed by atoms with van der Waals surface area (Å²) in [5.74, 6) is -2.28. The molecule has 4 fully saturated rings. The van der Waals surface area contributed by atoms with E-state index in [4.69, 9.17) is 20.2 Å². The molecule has 5 aliphatic heterocycles. The molecule has 15 heteroatoms. The number of nitrogens with two attached hydrogens (primary N) is 1. The Morgan fingerprint density at radius 1 is 1.08 bits per heavy atom. The maximum absolute atomic E-state index is 17.5. The van der Waals surface area contributed by atoms with Gasteiger partial charge in [0.2, 0.25) is 0 Å². The van der Waals surface area contributed by atoms with Gasteiger partial charge in [0.25, 0.3) is 0 Å². The lowest BCUT2D eigenvalue weighted by atomic mass is 9.90. The highest BCUT2D eigenvalue weighted by Gasteiger charge is 2.50. The summed E-state index contributed by atoms with van der Waals surface area (Å²) >= 11 is 0.811. The zero-order valence-corrected chi connectivity index (χ0v) is 28.7. The number of nitrogen functional groups attached to an aromatic ring is 1. The van der Waals surface area contributed by atoms with Crippen molar-refractivity contribution in [3.63, 3.8) is 0 Å². The van der Waals surface area contributed by atoms with Crippen molar-refractivity contribution < 1.29 is 32.1 Å². The third kappa shape index (κ3) is 5.08. The van der Waals surface area contributed by atoms with E-state index >= 15 is 13.2 Å². The first kappa shape index (κ1) is 33.1. The number of hydrogen-bond acceptors (Lipinski definition) is 11. The molecular weight excluding hydrogens is 687 g/mol. The summed E-state index contributed by atoms with van der Waals surface area (Å²) in [5.41, 5.74) is 5.94. The molecule has 9 rings (SSSR count). The summed E-state index contributed by atoms with van der Waals surface area (Å²) in [7, 11) is 0. The molecule has 2 aromatic carbocycles. The molecule has 4 saturated heterocycles. The molecule has 0 saturated carbocycles. The number of anilines is 2. The predicted octanol–water partition coefficient (Wildman–Crippen LogP) is 5.40. The van der Waals surface area contributed by atoms with Gasteiger partial charge < -0.3 is 25.2 Å². The van der Waals surface area contributed by atoms with E-state index in [1.54, 1.807) is 0 Å². The summed E-state index contributed by atoms with van der Waals surface area (Å²) in [6.45, 7) is 3.65. The molecular formula is C36H37F4N7O3S. The van der Waals surface area contributed by atoms with Gasteiger partial charge in [0.15, 0.2) is 5.82 Å². The van der Waals surface area contributed by atoms with Crippen LogP contribution in [0.1, 0.15) is 55.2 Å². The van der Waals surface area contributed by atoms with Crippen molar-refractivity contribution in [2.75, 3.05) is 56.6 Å². The Balaban J connectivity index is 1.25. The van der Waals surface area contributed by atoms with Gasteiger partial charge in [-0.15, -0.1) is 11.3 Å². The Bertz CT molecular complexity index is 2110. The Kier molecular flexibility index (Phi) is 8.04. The van der Waals surface area contributed by atoms with Gasteiger partial charge in [0.05, 0.1) is 34.4 Å². The number of ether oxygens (including phenoxy) is 2. The number of aliphatic hydroxyl groups is 1. The van der Waals surface area contributed by atoms with Gasteiger partial charge in [0, 0.05) is 73.9 Å². The minimum atomic E-state index is -1.04. The van der Waals surface area contributed by atoms with Crippen LogP contribution in [0.3, 0.4) is 0 Å². The maximum atomic E-state index is 17.5. The third-order valence-electron chi connectivity index (χ3n) is 11.7. The summed E-state index contributed by atoms with van der Waals surface area (Å²) in [6, 6.07) is 2.71. The van der Waals surface area contributed by atoms with Crippen LogP contribution >= 0.6 is 11.3 Å². The average Bonchev–Trinajstić information content (AvgIpc) is 3.92. The smallest absolute Gasteiger partial charge is 0.319 e. The highest BCUT2D eigenvalue weighted by Crippen LogP contribution is 2.50. The van der Waals surface area contributed by atoms with E-state index in [-0.39, 0.29) is 81.8 Å². The van der Waals surface area contributed by atoms with E-state index in [2.05, 4.69) is 19.7 Å².